The van der Waals surface area contributed by atoms with Gasteiger partial charge in [-0.3, -0.25) is 0 Å². The summed E-state index contributed by atoms with van der Waals surface area (Å²) >= 11 is 4.61. The van der Waals surface area contributed by atoms with Gasteiger partial charge in [-0.25, -0.2) is 0 Å². The maximum absolute atomic E-state index is 5.96. The first-order valence-corrected chi connectivity index (χ1v) is 9.10. The Bertz CT molecular complexity index is 199. The largest absolute Gasteiger partial charge is 0.504 e. The molecule has 0 saturated heterocycles. The van der Waals surface area contributed by atoms with Gasteiger partial charge in [-0.1, -0.05) is 6.42 Å². The summed E-state index contributed by atoms with van der Waals surface area (Å²) in [6.07, 6.45) is 4.63. The van der Waals surface area contributed by atoms with Gasteiger partial charge in [-0.05, 0) is 40.0 Å². The normalized spacial score (nSPS) is 26.1. The van der Waals surface area contributed by atoms with Crippen LogP contribution in [0.3, 0.4) is 0 Å². The van der Waals surface area contributed by atoms with Gasteiger partial charge in [0, 0.05) is 30.6 Å². The molecular weight excluding hydrogens is 252 g/mol. The molecule has 0 spiro atoms. The lowest BCUT2D eigenvalue weighted by molar-refractivity contribution is 0.0565. The van der Waals surface area contributed by atoms with Gasteiger partial charge in [-0.15, -0.1) is 0 Å². The SMILES string of the molecule is CCO[Si](OCC)(OCC)C1CCCC(S)C1. The van der Waals surface area contributed by atoms with Gasteiger partial charge in [-0.2, -0.15) is 12.6 Å². The zero-order chi connectivity index (χ0) is 12.7. The molecule has 1 saturated carbocycles. The van der Waals surface area contributed by atoms with Crippen molar-refractivity contribution in [2.24, 2.45) is 0 Å². The number of rotatable bonds is 7. The Morgan fingerprint density at radius 2 is 1.53 bits per heavy atom. The maximum Gasteiger partial charge on any atom is 0.504 e. The lowest BCUT2D eigenvalue weighted by Crippen LogP contribution is -2.51. The van der Waals surface area contributed by atoms with Crippen molar-refractivity contribution in [3.63, 3.8) is 0 Å². The van der Waals surface area contributed by atoms with Crippen LogP contribution in [0.2, 0.25) is 5.54 Å². The zero-order valence-electron chi connectivity index (χ0n) is 11.3. The minimum atomic E-state index is -2.49. The van der Waals surface area contributed by atoms with E-state index in [4.69, 9.17) is 13.3 Å². The molecule has 0 aromatic carbocycles. The molecule has 5 heteroatoms. The molecule has 0 aliphatic heterocycles. The third-order valence-electron chi connectivity index (χ3n) is 3.18. The fraction of sp³-hybridized carbons (Fsp3) is 1.00. The van der Waals surface area contributed by atoms with Crippen molar-refractivity contribution in [3.05, 3.63) is 0 Å². The van der Waals surface area contributed by atoms with E-state index in [1.165, 1.54) is 12.8 Å². The van der Waals surface area contributed by atoms with Crippen molar-refractivity contribution in [2.75, 3.05) is 19.8 Å². The second-order valence-corrected chi connectivity index (χ2v) is 8.04. The van der Waals surface area contributed by atoms with Crippen LogP contribution in [0.4, 0.5) is 0 Å². The van der Waals surface area contributed by atoms with E-state index in [0.29, 0.717) is 30.6 Å². The summed E-state index contributed by atoms with van der Waals surface area (Å²) in [5.41, 5.74) is 0.429. The van der Waals surface area contributed by atoms with Crippen LogP contribution < -0.4 is 0 Å². The van der Waals surface area contributed by atoms with Crippen LogP contribution in [0.5, 0.6) is 0 Å². The van der Waals surface area contributed by atoms with Crippen molar-refractivity contribution >= 4 is 21.4 Å². The minimum Gasteiger partial charge on any atom is -0.374 e. The third kappa shape index (κ3) is 4.24. The number of hydrogen-bond acceptors (Lipinski definition) is 4. The first kappa shape index (κ1) is 15.5. The van der Waals surface area contributed by atoms with Crippen molar-refractivity contribution in [1.29, 1.82) is 0 Å². The second kappa shape index (κ2) is 7.79. The van der Waals surface area contributed by atoms with Crippen molar-refractivity contribution < 1.29 is 13.3 Å². The first-order chi connectivity index (χ1) is 8.18. The summed E-state index contributed by atoms with van der Waals surface area (Å²) in [6.45, 7) is 8.04. The van der Waals surface area contributed by atoms with Crippen LogP contribution in [0.25, 0.3) is 0 Å². The minimum absolute atomic E-state index is 0.429. The monoisotopic (exact) mass is 278 g/mol. The molecule has 17 heavy (non-hydrogen) atoms. The van der Waals surface area contributed by atoms with Crippen molar-refractivity contribution in [1.82, 2.24) is 0 Å². The molecule has 0 aromatic rings. The summed E-state index contributed by atoms with van der Waals surface area (Å²) < 4.78 is 17.9. The predicted octanol–water partition coefficient (Wildman–Crippen LogP) is 3.28. The average molecular weight is 278 g/mol. The van der Waals surface area contributed by atoms with E-state index < -0.39 is 8.80 Å². The highest BCUT2D eigenvalue weighted by Gasteiger charge is 2.50. The Labute approximate surface area is 112 Å². The van der Waals surface area contributed by atoms with Crippen LogP contribution in [0.15, 0.2) is 0 Å². The quantitative estimate of drug-likeness (QED) is 0.572. The summed E-state index contributed by atoms with van der Waals surface area (Å²) in [7, 11) is -2.49. The van der Waals surface area contributed by atoms with E-state index in [9.17, 15) is 0 Å². The van der Waals surface area contributed by atoms with E-state index >= 15 is 0 Å². The Balaban J connectivity index is 2.76. The molecule has 0 radical (unpaired) electrons. The highest BCUT2D eigenvalue weighted by Crippen LogP contribution is 2.40. The first-order valence-electron chi connectivity index (χ1n) is 6.78. The van der Waals surface area contributed by atoms with Crippen LogP contribution in [0.1, 0.15) is 46.5 Å². The average Bonchev–Trinajstić information content (AvgIpc) is 2.30. The van der Waals surface area contributed by atoms with Gasteiger partial charge >= 0.3 is 8.80 Å². The van der Waals surface area contributed by atoms with E-state index in [0.717, 1.165) is 12.8 Å². The molecule has 0 N–H and O–H groups in total. The summed E-state index contributed by atoms with van der Waals surface area (Å²) in [5, 5.41) is 0.474. The molecular formula is C12H26O3SSi. The van der Waals surface area contributed by atoms with E-state index in [-0.39, 0.29) is 0 Å². The molecule has 1 rings (SSSR count). The lowest BCUT2D eigenvalue weighted by Gasteiger charge is -2.38. The maximum atomic E-state index is 5.96. The van der Waals surface area contributed by atoms with Crippen LogP contribution in [-0.4, -0.2) is 33.9 Å². The molecule has 1 aliphatic rings. The second-order valence-electron chi connectivity index (χ2n) is 4.42. The summed E-state index contributed by atoms with van der Waals surface area (Å²) in [4.78, 5) is 0. The summed E-state index contributed by atoms with van der Waals surface area (Å²) in [6, 6.07) is 0. The van der Waals surface area contributed by atoms with Crippen LogP contribution >= 0.6 is 12.6 Å². The van der Waals surface area contributed by atoms with Crippen LogP contribution in [-0.2, 0) is 13.3 Å². The number of hydrogen-bond donors (Lipinski definition) is 1. The van der Waals surface area contributed by atoms with Crippen molar-refractivity contribution in [3.8, 4) is 0 Å². The van der Waals surface area contributed by atoms with Gasteiger partial charge in [0.05, 0.1) is 0 Å². The molecule has 0 amide bonds. The Morgan fingerprint density at radius 3 is 1.94 bits per heavy atom. The molecule has 0 heterocycles. The topological polar surface area (TPSA) is 27.7 Å². The summed E-state index contributed by atoms with van der Waals surface area (Å²) in [5.74, 6) is 0. The van der Waals surface area contributed by atoms with Gasteiger partial charge < -0.3 is 13.3 Å². The standard InChI is InChI=1S/C12H26O3SSi/c1-4-13-17(14-5-2,15-6-3)12-9-7-8-11(16)10-12/h11-12,16H,4-10H2,1-3H3. The Kier molecular flexibility index (Phi) is 7.10. The fourth-order valence-corrected chi connectivity index (χ4v) is 6.50. The van der Waals surface area contributed by atoms with Gasteiger partial charge in [0.15, 0.2) is 0 Å². The molecule has 2 unspecified atom stereocenters. The van der Waals surface area contributed by atoms with Crippen LogP contribution in [0, 0.1) is 0 Å². The highest BCUT2D eigenvalue weighted by molar-refractivity contribution is 7.80. The molecule has 1 aliphatic carbocycles. The van der Waals surface area contributed by atoms with E-state index in [1.807, 2.05) is 20.8 Å². The highest BCUT2D eigenvalue weighted by atomic mass is 32.1. The number of thiol groups is 1. The molecule has 0 bridgehead atoms. The molecule has 102 valence electrons. The molecule has 3 nitrogen and oxygen atoms in total. The van der Waals surface area contributed by atoms with Gasteiger partial charge in [0.2, 0.25) is 0 Å². The van der Waals surface area contributed by atoms with E-state index in [2.05, 4.69) is 12.6 Å². The third-order valence-corrected chi connectivity index (χ3v) is 7.25. The molecule has 0 aromatic heterocycles. The molecule has 2 atom stereocenters. The Hall–Kier alpha value is 0.447. The van der Waals surface area contributed by atoms with Gasteiger partial charge in [0.1, 0.15) is 0 Å². The van der Waals surface area contributed by atoms with Crippen molar-refractivity contribution in [2.45, 2.75) is 57.2 Å². The van der Waals surface area contributed by atoms with Gasteiger partial charge in [0.25, 0.3) is 0 Å². The Morgan fingerprint density at radius 1 is 1.00 bits per heavy atom. The predicted molar refractivity (Wildman–Crippen MR) is 75.6 cm³/mol. The fourth-order valence-electron chi connectivity index (χ4n) is 2.57. The van der Waals surface area contributed by atoms with E-state index in [1.54, 1.807) is 0 Å². The lowest BCUT2D eigenvalue weighted by atomic mass is 9.99. The molecule has 1 fully saturated rings. The zero-order valence-corrected chi connectivity index (χ0v) is 13.2. The smallest absolute Gasteiger partial charge is 0.374 e.